The van der Waals surface area contributed by atoms with Gasteiger partial charge < -0.3 is 9.80 Å². The molecule has 2 aliphatic heterocycles. The average molecular weight is 461 g/mol. The molecule has 168 valence electrons. The summed E-state index contributed by atoms with van der Waals surface area (Å²) in [6.45, 7) is 2.03. The Morgan fingerprint density at radius 1 is 1.06 bits per heavy atom. The van der Waals surface area contributed by atoms with Gasteiger partial charge >= 0.3 is 0 Å². The van der Waals surface area contributed by atoms with Crippen LogP contribution in [0.2, 0.25) is 5.02 Å². The minimum Gasteiger partial charge on any atom is -0.338 e. The van der Waals surface area contributed by atoms with Crippen molar-refractivity contribution in [3.63, 3.8) is 0 Å². The first kappa shape index (κ1) is 21.6. The lowest BCUT2D eigenvalue weighted by atomic mass is 10.1. The van der Waals surface area contributed by atoms with Crippen molar-refractivity contribution in [1.82, 2.24) is 19.8 Å². The Balaban J connectivity index is 1.37. The molecule has 1 unspecified atom stereocenters. The zero-order valence-electron chi connectivity index (χ0n) is 18.3. The largest absolute Gasteiger partial charge is 0.338 e. The topological polar surface area (TPSA) is 66.4 Å². The van der Waals surface area contributed by atoms with Gasteiger partial charge in [0.15, 0.2) is 5.82 Å². The van der Waals surface area contributed by atoms with Crippen LogP contribution in [-0.4, -0.2) is 44.7 Å². The minimum absolute atomic E-state index is 0.00461. The second-order valence-corrected chi connectivity index (χ2v) is 9.03. The molecule has 1 atom stereocenters. The van der Waals surface area contributed by atoms with Crippen LogP contribution in [0, 0.1) is 0 Å². The highest BCUT2D eigenvalue weighted by molar-refractivity contribution is 6.30. The molecule has 0 aliphatic carbocycles. The lowest BCUT2D eigenvalue weighted by molar-refractivity contribution is -0.128. The molecule has 2 aromatic carbocycles. The van der Waals surface area contributed by atoms with Crippen LogP contribution < -0.4 is 0 Å². The van der Waals surface area contributed by atoms with Crippen molar-refractivity contribution in [1.29, 1.82) is 0 Å². The number of halogens is 1. The van der Waals surface area contributed by atoms with Crippen LogP contribution in [0.15, 0.2) is 60.8 Å². The number of carbonyl (C=O) groups is 2. The number of amides is 2. The molecule has 2 fully saturated rings. The number of hydrogen-bond donors (Lipinski definition) is 0. The fourth-order valence-electron chi connectivity index (χ4n) is 4.70. The Kier molecular flexibility index (Phi) is 6.09. The van der Waals surface area contributed by atoms with E-state index < -0.39 is 0 Å². The Morgan fingerprint density at radius 3 is 2.76 bits per heavy atom. The summed E-state index contributed by atoms with van der Waals surface area (Å²) < 4.78 is 0. The van der Waals surface area contributed by atoms with E-state index in [0.717, 1.165) is 42.6 Å². The second-order valence-electron chi connectivity index (χ2n) is 8.59. The summed E-state index contributed by atoms with van der Waals surface area (Å²) >= 11 is 6.14. The maximum atomic E-state index is 13.5. The Labute approximate surface area is 198 Å². The molecule has 0 saturated carbocycles. The third kappa shape index (κ3) is 4.62. The van der Waals surface area contributed by atoms with Crippen LogP contribution in [0.1, 0.15) is 53.3 Å². The zero-order valence-corrected chi connectivity index (χ0v) is 19.0. The highest BCUT2D eigenvalue weighted by atomic mass is 35.5. The molecular weight excluding hydrogens is 436 g/mol. The van der Waals surface area contributed by atoms with Gasteiger partial charge in [0.2, 0.25) is 5.91 Å². The summed E-state index contributed by atoms with van der Waals surface area (Å²) in [4.78, 5) is 38.4. The molecule has 2 saturated heterocycles. The van der Waals surface area contributed by atoms with Crippen LogP contribution >= 0.6 is 11.6 Å². The van der Waals surface area contributed by atoms with Gasteiger partial charge in [-0.15, -0.1) is 0 Å². The molecule has 2 aliphatic rings. The van der Waals surface area contributed by atoms with Crippen LogP contribution in [-0.2, 0) is 11.3 Å². The minimum atomic E-state index is -0.0951. The predicted molar refractivity (Wildman–Crippen MR) is 127 cm³/mol. The van der Waals surface area contributed by atoms with Crippen LogP contribution in [0.25, 0.3) is 11.4 Å². The van der Waals surface area contributed by atoms with Crippen molar-refractivity contribution in [2.45, 2.75) is 38.3 Å². The maximum Gasteiger partial charge on any atom is 0.254 e. The van der Waals surface area contributed by atoms with Gasteiger partial charge in [-0.1, -0.05) is 35.9 Å². The summed E-state index contributed by atoms with van der Waals surface area (Å²) in [6.07, 6.45) is 5.05. The maximum absolute atomic E-state index is 13.5. The molecular formula is C26H25ClN4O2. The van der Waals surface area contributed by atoms with Crippen molar-refractivity contribution in [2.24, 2.45) is 0 Å². The summed E-state index contributed by atoms with van der Waals surface area (Å²) in [6, 6.07) is 16.9. The lowest BCUT2D eigenvalue weighted by Gasteiger charge is -2.25. The fraction of sp³-hybridized carbons (Fsp3) is 0.308. The number of aromatic nitrogens is 2. The third-order valence-corrected chi connectivity index (χ3v) is 6.57. The van der Waals surface area contributed by atoms with Gasteiger partial charge in [0.05, 0.1) is 11.7 Å². The van der Waals surface area contributed by atoms with Gasteiger partial charge in [-0.3, -0.25) is 9.59 Å². The van der Waals surface area contributed by atoms with Crippen LogP contribution in [0.5, 0.6) is 0 Å². The molecule has 6 nitrogen and oxygen atoms in total. The van der Waals surface area contributed by atoms with Crippen LogP contribution in [0.4, 0.5) is 0 Å². The van der Waals surface area contributed by atoms with Crippen molar-refractivity contribution in [3.05, 3.63) is 82.6 Å². The van der Waals surface area contributed by atoms with E-state index in [2.05, 4.69) is 4.98 Å². The molecule has 0 spiro atoms. The van der Waals surface area contributed by atoms with E-state index >= 15 is 0 Å². The number of carbonyl (C=O) groups excluding carboxylic acids is 2. The Bertz CT molecular complexity index is 1200. The normalized spacial score (nSPS) is 18.2. The van der Waals surface area contributed by atoms with Gasteiger partial charge in [-0.25, -0.2) is 9.97 Å². The number of likely N-dealkylation sites (tertiary alicyclic amines) is 2. The van der Waals surface area contributed by atoms with Gasteiger partial charge in [-0.05, 0) is 55.2 Å². The average Bonchev–Trinajstić information content (AvgIpc) is 3.48. The lowest BCUT2D eigenvalue weighted by Crippen LogP contribution is -2.31. The number of rotatable bonds is 5. The SMILES string of the molecule is O=C1CCCN1Cc1cccc(C(=O)N2CCCC2c2ccnc(-c3cccc(Cl)c3)n2)c1. The molecule has 2 amide bonds. The van der Waals surface area contributed by atoms with Gasteiger partial charge in [0, 0.05) is 48.4 Å². The van der Waals surface area contributed by atoms with E-state index in [0.29, 0.717) is 35.9 Å². The standard InChI is InChI=1S/C26H25ClN4O2/c27-21-8-2-6-19(16-21)25-28-12-11-22(29-25)23-9-3-14-31(23)26(33)20-7-1-5-18(15-20)17-30-13-4-10-24(30)32/h1-2,5-8,11-12,15-16,23H,3-4,9-10,13-14,17H2. The van der Waals surface area contributed by atoms with Crippen LogP contribution in [0.3, 0.4) is 0 Å². The van der Waals surface area contributed by atoms with Crippen molar-refractivity contribution in [2.75, 3.05) is 13.1 Å². The number of hydrogen-bond acceptors (Lipinski definition) is 4. The molecule has 0 bridgehead atoms. The molecule has 33 heavy (non-hydrogen) atoms. The first-order valence-corrected chi connectivity index (χ1v) is 11.7. The smallest absolute Gasteiger partial charge is 0.254 e. The molecule has 5 rings (SSSR count). The first-order chi connectivity index (χ1) is 16.1. The van der Waals surface area contributed by atoms with E-state index in [4.69, 9.17) is 16.6 Å². The zero-order chi connectivity index (χ0) is 22.8. The summed E-state index contributed by atoms with van der Waals surface area (Å²) in [5, 5.41) is 0.634. The summed E-state index contributed by atoms with van der Waals surface area (Å²) in [7, 11) is 0. The highest BCUT2D eigenvalue weighted by Gasteiger charge is 2.32. The summed E-state index contributed by atoms with van der Waals surface area (Å²) in [5.41, 5.74) is 3.32. The van der Waals surface area contributed by atoms with Crippen molar-refractivity contribution in [3.8, 4) is 11.4 Å². The molecule has 3 aromatic rings. The Hall–Kier alpha value is -3.25. The van der Waals surface area contributed by atoms with Gasteiger partial charge in [0.1, 0.15) is 0 Å². The number of benzene rings is 2. The highest BCUT2D eigenvalue weighted by Crippen LogP contribution is 2.33. The van der Waals surface area contributed by atoms with Gasteiger partial charge in [0.25, 0.3) is 5.91 Å². The van der Waals surface area contributed by atoms with E-state index in [1.165, 1.54) is 0 Å². The molecule has 1 aromatic heterocycles. The second kappa shape index (κ2) is 9.32. The molecule has 3 heterocycles. The fourth-order valence-corrected chi connectivity index (χ4v) is 4.89. The Morgan fingerprint density at radius 2 is 1.94 bits per heavy atom. The van der Waals surface area contributed by atoms with E-state index in [1.807, 2.05) is 64.4 Å². The van der Waals surface area contributed by atoms with E-state index in [1.54, 1.807) is 6.20 Å². The first-order valence-electron chi connectivity index (χ1n) is 11.3. The van der Waals surface area contributed by atoms with Crippen molar-refractivity contribution >= 4 is 23.4 Å². The quantitative estimate of drug-likeness (QED) is 0.543. The van der Waals surface area contributed by atoms with Gasteiger partial charge in [-0.2, -0.15) is 0 Å². The summed E-state index contributed by atoms with van der Waals surface area (Å²) in [5.74, 6) is 0.784. The third-order valence-electron chi connectivity index (χ3n) is 6.33. The predicted octanol–water partition coefficient (Wildman–Crippen LogP) is 4.90. The number of nitrogens with zero attached hydrogens (tertiary/aromatic N) is 4. The van der Waals surface area contributed by atoms with E-state index in [-0.39, 0.29) is 17.9 Å². The molecule has 0 N–H and O–H groups in total. The van der Waals surface area contributed by atoms with E-state index in [9.17, 15) is 9.59 Å². The molecule has 0 radical (unpaired) electrons. The van der Waals surface area contributed by atoms with Crippen molar-refractivity contribution < 1.29 is 9.59 Å². The monoisotopic (exact) mass is 460 g/mol. The molecule has 7 heteroatoms.